The average Bonchev–Trinajstić information content (AvgIpc) is 3.46. The number of pyridine rings is 1. The van der Waals surface area contributed by atoms with Crippen molar-refractivity contribution in [1.82, 2.24) is 14.6 Å². The first-order chi connectivity index (χ1) is 16.7. The van der Waals surface area contributed by atoms with Gasteiger partial charge in [-0.1, -0.05) is 17.7 Å². The van der Waals surface area contributed by atoms with Gasteiger partial charge in [-0.15, -0.1) is 0 Å². The molecule has 0 saturated heterocycles. The fourth-order valence-electron chi connectivity index (χ4n) is 4.69. The number of aliphatic hydroxyl groups is 2. The van der Waals surface area contributed by atoms with Gasteiger partial charge >= 0.3 is 0 Å². The van der Waals surface area contributed by atoms with Gasteiger partial charge in [-0.3, -0.25) is 4.79 Å². The Labute approximate surface area is 203 Å². The number of nitrogens with one attached hydrogen (secondary N) is 1. The molecule has 0 atom stereocenters. The van der Waals surface area contributed by atoms with Gasteiger partial charge in [0, 0.05) is 23.2 Å². The van der Waals surface area contributed by atoms with E-state index >= 15 is 0 Å². The second kappa shape index (κ2) is 8.94. The van der Waals surface area contributed by atoms with E-state index in [4.69, 9.17) is 9.52 Å². The summed E-state index contributed by atoms with van der Waals surface area (Å²) in [6, 6.07) is 11.5. The van der Waals surface area contributed by atoms with Crippen molar-refractivity contribution in [3.8, 4) is 11.5 Å². The minimum absolute atomic E-state index is 0.151. The molecule has 0 radical (unpaired) electrons. The monoisotopic (exact) mass is 474 g/mol. The van der Waals surface area contributed by atoms with E-state index in [1.165, 1.54) is 6.26 Å². The number of aromatic nitrogens is 3. The number of oxazole rings is 1. The Kier molecular flexibility index (Phi) is 5.94. The van der Waals surface area contributed by atoms with Crippen LogP contribution in [-0.2, 0) is 5.60 Å². The van der Waals surface area contributed by atoms with Gasteiger partial charge in [0.1, 0.15) is 6.26 Å². The summed E-state index contributed by atoms with van der Waals surface area (Å²) in [5, 5.41) is 28.3. The predicted octanol–water partition coefficient (Wildman–Crippen LogP) is 4.80. The Bertz CT molecular complexity index is 1370. The largest absolute Gasteiger partial charge is 0.444 e. The van der Waals surface area contributed by atoms with E-state index in [-0.39, 0.29) is 17.7 Å². The highest BCUT2D eigenvalue weighted by molar-refractivity contribution is 6.03. The van der Waals surface area contributed by atoms with E-state index in [1.807, 2.05) is 43.3 Å². The number of benzene rings is 1. The summed E-state index contributed by atoms with van der Waals surface area (Å²) in [5.74, 6) is 0.232. The van der Waals surface area contributed by atoms with Crippen LogP contribution in [0.3, 0.4) is 0 Å². The molecule has 3 heterocycles. The highest BCUT2D eigenvalue weighted by Crippen LogP contribution is 2.35. The third-order valence-corrected chi connectivity index (χ3v) is 6.64. The molecule has 35 heavy (non-hydrogen) atoms. The first-order valence-electron chi connectivity index (χ1n) is 12.0. The Hall–Kier alpha value is -3.49. The van der Waals surface area contributed by atoms with Gasteiger partial charge in [-0.25, -0.2) is 9.50 Å². The molecule has 0 aliphatic heterocycles. The van der Waals surface area contributed by atoms with Gasteiger partial charge < -0.3 is 19.9 Å². The molecular formula is C27H30N4O4. The van der Waals surface area contributed by atoms with Crippen LogP contribution >= 0.6 is 0 Å². The Balaban J connectivity index is 1.44. The molecule has 1 fully saturated rings. The number of hydrogen-bond donors (Lipinski definition) is 3. The van der Waals surface area contributed by atoms with Gasteiger partial charge in [-0.05, 0) is 70.7 Å². The van der Waals surface area contributed by atoms with Crippen LogP contribution in [0.5, 0.6) is 0 Å². The van der Waals surface area contributed by atoms with Crippen LogP contribution < -0.4 is 5.32 Å². The number of aliphatic hydroxyl groups excluding tert-OH is 1. The fraction of sp³-hybridized carbons (Fsp3) is 0.370. The zero-order valence-electron chi connectivity index (χ0n) is 20.2. The van der Waals surface area contributed by atoms with Crippen molar-refractivity contribution in [2.45, 2.75) is 64.1 Å². The zero-order chi connectivity index (χ0) is 24.7. The fourth-order valence-corrected chi connectivity index (χ4v) is 4.69. The number of aryl methyl sites for hydroxylation is 1. The SMILES string of the molecule is Cc1cccc(-c2nc(C(=O)Nc3cc4cc(C5CCC(O)CC5)nn4cc3C(C)(C)O)co2)c1. The Morgan fingerprint density at radius 2 is 1.94 bits per heavy atom. The van der Waals surface area contributed by atoms with E-state index in [9.17, 15) is 15.0 Å². The van der Waals surface area contributed by atoms with Crippen LogP contribution in [0, 0.1) is 6.92 Å². The van der Waals surface area contributed by atoms with Crippen LogP contribution in [0.1, 0.15) is 72.8 Å². The number of carbonyl (C=O) groups excluding carboxylic acids is 1. The molecule has 0 bridgehead atoms. The lowest BCUT2D eigenvalue weighted by Crippen LogP contribution is -2.22. The maximum absolute atomic E-state index is 13.1. The Morgan fingerprint density at radius 3 is 2.66 bits per heavy atom. The molecule has 1 aromatic carbocycles. The lowest BCUT2D eigenvalue weighted by Gasteiger charge is -2.23. The zero-order valence-corrected chi connectivity index (χ0v) is 20.2. The second-order valence-electron chi connectivity index (χ2n) is 9.97. The standard InChI is InChI=1S/C27H30N4O4/c1-16-5-4-6-18(11-16)26-29-24(15-35-26)25(33)28-23-13-19-12-22(17-7-9-20(32)10-8-17)30-31(19)14-21(23)27(2,3)34/h4-6,11-15,17,20,32,34H,7-10H2,1-3H3,(H,28,33). The summed E-state index contributed by atoms with van der Waals surface area (Å²) >= 11 is 0. The highest BCUT2D eigenvalue weighted by atomic mass is 16.3. The topological polar surface area (TPSA) is 113 Å². The van der Waals surface area contributed by atoms with Crippen LogP contribution in [-0.4, -0.2) is 36.8 Å². The first-order valence-corrected chi connectivity index (χ1v) is 12.0. The van der Waals surface area contributed by atoms with Crippen molar-refractivity contribution >= 4 is 17.1 Å². The third-order valence-electron chi connectivity index (χ3n) is 6.64. The van der Waals surface area contributed by atoms with E-state index in [0.29, 0.717) is 17.1 Å². The maximum Gasteiger partial charge on any atom is 0.277 e. The molecule has 182 valence electrons. The molecule has 0 spiro atoms. The van der Waals surface area contributed by atoms with E-state index < -0.39 is 11.5 Å². The average molecular weight is 475 g/mol. The van der Waals surface area contributed by atoms with Gasteiger partial charge in [-0.2, -0.15) is 5.10 Å². The summed E-state index contributed by atoms with van der Waals surface area (Å²) in [6.07, 6.45) is 6.20. The molecule has 4 aromatic rings. The molecular weight excluding hydrogens is 444 g/mol. The molecule has 1 amide bonds. The van der Waals surface area contributed by atoms with Crippen LogP contribution in [0.15, 0.2) is 53.3 Å². The van der Waals surface area contributed by atoms with Crippen LogP contribution in [0.2, 0.25) is 0 Å². The van der Waals surface area contributed by atoms with Crippen molar-refractivity contribution in [3.63, 3.8) is 0 Å². The lowest BCUT2D eigenvalue weighted by atomic mass is 9.85. The highest BCUT2D eigenvalue weighted by Gasteiger charge is 2.26. The van der Waals surface area contributed by atoms with Gasteiger partial charge in [0.2, 0.25) is 5.89 Å². The van der Waals surface area contributed by atoms with Crippen molar-refractivity contribution in [2.75, 3.05) is 5.32 Å². The smallest absolute Gasteiger partial charge is 0.277 e. The minimum atomic E-state index is -1.21. The van der Waals surface area contributed by atoms with Crippen molar-refractivity contribution < 1.29 is 19.4 Å². The Morgan fingerprint density at radius 1 is 1.17 bits per heavy atom. The molecule has 8 heteroatoms. The molecule has 3 N–H and O–H groups in total. The molecule has 1 saturated carbocycles. The summed E-state index contributed by atoms with van der Waals surface area (Å²) in [7, 11) is 0. The number of nitrogens with zero attached hydrogens (tertiary/aromatic N) is 3. The summed E-state index contributed by atoms with van der Waals surface area (Å²) in [4.78, 5) is 17.4. The quantitative estimate of drug-likeness (QED) is 0.383. The number of fused-ring (bicyclic) bond motifs is 1. The van der Waals surface area contributed by atoms with E-state index in [1.54, 1.807) is 24.6 Å². The normalized spacial score (nSPS) is 18.7. The summed E-state index contributed by atoms with van der Waals surface area (Å²) in [6.45, 7) is 5.32. The van der Waals surface area contributed by atoms with Gasteiger partial charge in [0.05, 0.1) is 28.6 Å². The molecule has 3 aromatic heterocycles. The summed E-state index contributed by atoms with van der Waals surface area (Å²) < 4.78 is 7.30. The van der Waals surface area contributed by atoms with Crippen molar-refractivity contribution in [2.24, 2.45) is 0 Å². The van der Waals surface area contributed by atoms with Gasteiger partial charge in [0.15, 0.2) is 5.69 Å². The molecule has 1 aliphatic rings. The molecule has 5 rings (SSSR count). The first kappa shape index (κ1) is 23.3. The van der Waals surface area contributed by atoms with Gasteiger partial charge in [0.25, 0.3) is 5.91 Å². The summed E-state index contributed by atoms with van der Waals surface area (Å²) in [5.41, 5.74) is 3.60. The second-order valence-corrected chi connectivity index (χ2v) is 9.97. The molecule has 8 nitrogen and oxygen atoms in total. The lowest BCUT2D eigenvalue weighted by molar-refractivity contribution is 0.0787. The molecule has 1 aliphatic carbocycles. The van der Waals surface area contributed by atoms with Crippen LogP contribution in [0.4, 0.5) is 5.69 Å². The minimum Gasteiger partial charge on any atom is -0.444 e. The molecule has 0 unspecified atom stereocenters. The van der Waals surface area contributed by atoms with Crippen molar-refractivity contribution in [3.05, 3.63) is 71.4 Å². The number of hydrogen-bond acceptors (Lipinski definition) is 6. The van der Waals surface area contributed by atoms with E-state index in [2.05, 4.69) is 10.3 Å². The van der Waals surface area contributed by atoms with E-state index in [0.717, 1.165) is 48.0 Å². The third kappa shape index (κ3) is 4.85. The number of rotatable bonds is 5. The van der Waals surface area contributed by atoms with Crippen LogP contribution in [0.25, 0.3) is 17.0 Å². The number of carbonyl (C=O) groups is 1. The number of anilines is 1. The van der Waals surface area contributed by atoms with Crippen molar-refractivity contribution in [1.29, 1.82) is 0 Å². The number of amides is 1. The predicted molar refractivity (Wildman–Crippen MR) is 132 cm³/mol. The maximum atomic E-state index is 13.1.